The lowest BCUT2D eigenvalue weighted by atomic mass is 10.0. The van der Waals surface area contributed by atoms with Crippen molar-refractivity contribution in [1.29, 1.82) is 0 Å². The predicted molar refractivity (Wildman–Crippen MR) is 307 cm³/mol. The summed E-state index contributed by atoms with van der Waals surface area (Å²) < 4.78 is 39.4. The van der Waals surface area contributed by atoms with Gasteiger partial charge in [-0.25, -0.2) is 4.57 Å². The van der Waals surface area contributed by atoms with E-state index in [1.807, 2.05) is 12.2 Å². The summed E-state index contributed by atoms with van der Waals surface area (Å²) in [6.45, 7) is 4.42. The van der Waals surface area contributed by atoms with Crippen LogP contribution in [0.2, 0.25) is 0 Å². The minimum atomic E-state index is -4.77. The normalized spacial score (nSPS) is 14.0. The van der Waals surface area contributed by atoms with Crippen molar-refractivity contribution in [2.45, 2.75) is 264 Å². The van der Waals surface area contributed by atoms with Gasteiger partial charge in [0.15, 0.2) is 6.10 Å². The highest BCUT2D eigenvalue weighted by Crippen LogP contribution is 2.43. The van der Waals surface area contributed by atoms with E-state index in [1.54, 1.807) is 0 Å². The standard InChI is InChI=1S/C62H107O11P/c1-4-7-10-13-16-19-22-24-26-28-29-31-33-35-38-41-44-47-50-53-62(66)73-59(55-69-60(64)51-48-45-42-39-36-21-18-15-12-9-6-3)57-71-74(67,68)70-56-58(54-63)72-61(65)52-49-46-43-40-37-34-32-30-27-25-23-20-17-14-11-8-5-2/h7,10,15-16,18-19,24,26,29,31,35,38,44,47,58-59,63H,4-6,8-9,11-14,17,20-23,25,27-28,30,32-34,36-37,39-43,45-46,48-57H2,1-3H3,(H,67,68)/b10-7-,18-15-,19-16-,26-24-,31-29-,38-35-,47-44-. The molecule has 0 aliphatic rings. The van der Waals surface area contributed by atoms with E-state index in [-0.39, 0.29) is 25.9 Å². The first kappa shape index (κ1) is 70.7. The molecule has 3 unspecified atom stereocenters. The molecule has 2 N–H and O–H groups in total. The van der Waals surface area contributed by atoms with Gasteiger partial charge in [0.25, 0.3) is 0 Å². The molecule has 0 aliphatic heterocycles. The number of carbonyl (C=O) groups is 3. The topological polar surface area (TPSA) is 155 Å². The monoisotopic (exact) mass is 1060 g/mol. The molecule has 0 aromatic carbocycles. The number of phosphoric ester groups is 1. The number of phosphoric acid groups is 1. The number of allylic oxidation sites excluding steroid dienone is 14. The van der Waals surface area contributed by atoms with E-state index in [9.17, 15) is 28.9 Å². The molecule has 74 heavy (non-hydrogen) atoms. The maximum atomic E-state index is 12.9. The van der Waals surface area contributed by atoms with Gasteiger partial charge in [0.1, 0.15) is 12.7 Å². The molecule has 0 saturated heterocycles. The van der Waals surface area contributed by atoms with E-state index < -0.39 is 57.8 Å². The first-order chi connectivity index (χ1) is 36.2. The molecule has 3 atom stereocenters. The Labute approximate surface area is 451 Å². The highest BCUT2D eigenvalue weighted by atomic mass is 31.2. The van der Waals surface area contributed by atoms with Crippen molar-refractivity contribution >= 4 is 25.7 Å². The van der Waals surface area contributed by atoms with E-state index >= 15 is 0 Å². The smallest absolute Gasteiger partial charge is 0.462 e. The van der Waals surface area contributed by atoms with Crippen molar-refractivity contribution in [3.8, 4) is 0 Å². The molecule has 12 heteroatoms. The molecule has 0 spiro atoms. The number of carbonyl (C=O) groups excluding carboxylic acids is 3. The Morgan fingerprint density at radius 1 is 0.392 bits per heavy atom. The van der Waals surface area contributed by atoms with E-state index in [1.165, 1.54) is 96.3 Å². The third-order valence-corrected chi connectivity index (χ3v) is 13.3. The Bertz CT molecular complexity index is 1560. The highest BCUT2D eigenvalue weighted by Gasteiger charge is 2.28. The molecule has 0 fully saturated rings. The van der Waals surface area contributed by atoms with Crippen LogP contribution in [0, 0.1) is 0 Å². The second kappa shape index (κ2) is 55.9. The van der Waals surface area contributed by atoms with E-state index in [0.717, 1.165) is 89.9 Å². The van der Waals surface area contributed by atoms with Crippen molar-refractivity contribution in [3.05, 3.63) is 85.1 Å². The fraction of sp³-hybridized carbons (Fsp3) is 0.726. The lowest BCUT2D eigenvalue weighted by Crippen LogP contribution is -2.30. The van der Waals surface area contributed by atoms with E-state index in [0.29, 0.717) is 25.7 Å². The molecule has 0 rings (SSSR count). The number of aliphatic hydroxyl groups is 1. The van der Waals surface area contributed by atoms with Crippen molar-refractivity contribution < 1.29 is 52.2 Å². The van der Waals surface area contributed by atoms with Crippen molar-refractivity contribution in [2.24, 2.45) is 0 Å². The Morgan fingerprint density at radius 3 is 1.20 bits per heavy atom. The van der Waals surface area contributed by atoms with Crippen LogP contribution in [0.3, 0.4) is 0 Å². The number of esters is 3. The first-order valence-electron chi connectivity index (χ1n) is 29.5. The van der Waals surface area contributed by atoms with Gasteiger partial charge in [-0.2, -0.15) is 0 Å². The molecule has 11 nitrogen and oxygen atoms in total. The molecule has 0 aromatic heterocycles. The van der Waals surface area contributed by atoms with Gasteiger partial charge in [-0.05, 0) is 77.0 Å². The summed E-state index contributed by atoms with van der Waals surface area (Å²) in [5.41, 5.74) is 0. The Balaban J connectivity index is 4.76. The molecule has 0 heterocycles. The second-order valence-electron chi connectivity index (χ2n) is 19.4. The van der Waals surface area contributed by atoms with Crippen LogP contribution >= 0.6 is 7.82 Å². The highest BCUT2D eigenvalue weighted by molar-refractivity contribution is 7.47. The predicted octanol–water partition coefficient (Wildman–Crippen LogP) is 17.5. The van der Waals surface area contributed by atoms with Gasteiger partial charge in [-0.1, -0.05) is 241 Å². The molecule has 426 valence electrons. The molecule has 0 bridgehead atoms. The summed E-state index contributed by atoms with van der Waals surface area (Å²) in [7, 11) is -4.77. The largest absolute Gasteiger partial charge is 0.472 e. The summed E-state index contributed by atoms with van der Waals surface area (Å²) in [5.74, 6) is -1.57. The third kappa shape index (κ3) is 53.5. The fourth-order valence-corrected chi connectivity index (χ4v) is 8.62. The molecule has 0 aliphatic carbocycles. The van der Waals surface area contributed by atoms with Crippen LogP contribution in [-0.2, 0) is 42.2 Å². The zero-order valence-electron chi connectivity index (χ0n) is 47.0. The first-order valence-corrected chi connectivity index (χ1v) is 31.0. The number of hydrogen-bond acceptors (Lipinski definition) is 10. The van der Waals surface area contributed by atoms with Gasteiger partial charge < -0.3 is 24.2 Å². The van der Waals surface area contributed by atoms with Crippen LogP contribution < -0.4 is 0 Å². The van der Waals surface area contributed by atoms with Gasteiger partial charge in [0.2, 0.25) is 0 Å². The second-order valence-corrected chi connectivity index (χ2v) is 20.9. The van der Waals surface area contributed by atoms with Gasteiger partial charge in [0, 0.05) is 19.3 Å². The SMILES string of the molecule is CC/C=C\C/C=C\C/C=C\C/C=C\C/C=C\C/C=C\CCC(=O)OC(COC(=O)CCCCCCC/C=C\CCCC)COP(=O)(O)OCC(CO)OC(=O)CCCCCCCCCCCCCCCCCCC. The maximum Gasteiger partial charge on any atom is 0.472 e. The quantitative estimate of drug-likeness (QED) is 0.0197. The molecule has 0 saturated carbocycles. The van der Waals surface area contributed by atoms with Gasteiger partial charge >= 0.3 is 25.7 Å². The summed E-state index contributed by atoms with van der Waals surface area (Å²) >= 11 is 0. The van der Waals surface area contributed by atoms with Crippen LogP contribution in [0.4, 0.5) is 0 Å². The number of unbranched alkanes of at least 4 members (excludes halogenated alkanes) is 23. The zero-order valence-corrected chi connectivity index (χ0v) is 47.9. The Morgan fingerprint density at radius 2 is 0.743 bits per heavy atom. The summed E-state index contributed by atoms with van der Waals surface area (Å²) in [4.78, 5) is 48.5. The molecule has 0 amide bonds. The Kier molecular flexibility index (Phi) is 53.4. The average Bonchev–Trinajstić information content (AvgIpc) is 3.39. The van der Waals surface area contributed by atoms with Gasteiger partial charge in [0.05, 0.1) is 19.8 Å². The minimum absolute atomic E-state index is 0.0391. The van der Waals surface area contributed by atoms with E-state index in [4.69, 9.17) is 23.3 Å². The lowest BCUT2D eigenvalue weighted by molar-refractivity contribution is -0.161. The van der Waals surface area contributed by atoms with Gasteiger partial charge in [-0.3, -0.25) is 23.4 Å². The molecular weight excluding hydrogens is 952 g/mol. The molecule has 0 radical (unpaired) electrons. The van der Waals surface area contributed by atoms with Crippen molar-refractivity contribution in [1.82, 2.24) is 0 Å². The van der Waals surface area contributed by atoms with Crippen molar-refractivity contribution in [3.63, 3.8) is 0 Å². The fourth-order valence-electron chi connectivity index (χ4n) is 7.83. The van der Waals surface area contributed by atoms with E-state index in [2.05, 4.69) is 93.7 Å². The Hall–Kier alpha value is -3.34. The van der Waals surface area contributed by atoms with Crippen LogP contribution in [0.25, 0.3) is 0 Å². The van der Waals surface area contributed by atoms with Crippen LogP contribution in [-0.4, -0.2) is 66.5 Å². The minimum Gasteiger partial charge on any atom is -0.462 e. The summed E-state index contributed by atoms with van der Waals surface area (Å²) in [6.07, 6.45) is 64.2. The number of ether oxygens (including phenoxy) is 3. The maximum absolute atomic E-state index is 12.9. The third-order valence-electron chi connectivity index (χ3n) is 12.3. The summed E-state index contributed by atoms with van der Waals surface area (Å²) in [6, 6.07) is 0. The zero-order chi connectivity index (χ0) is 54.1. The van der Waals surface area contributed by atoms with Crippen LogP contribution in [0.15, 0.2) is 85.1 Å². The van der Waals surface area contributed by atoms with Crippen LogP contribution in [0.5, 0.6) is 0 Å². The van der Waals surface area contributed by atoms with Gasteiger partial charge in [-0.15, -0.1) is 0 Å². The van der Waals surface area contributed by atoms with Crippen molar-refractivity contribution in [2.75, 3.05) is 26.4 Å². The lowest BCUT2D eigenvalue weighted by Gasteiger charge is -2.21. The van der Waals surface area contributed by atoms with Crippen LogP contribution in [0.1, 0.15) is 252 Å². The number of aliphatic hydroxyl groups excluding tert-OH is 1. The number of hydrogen-bond donors (Lipinski definition) is 2. The number of rotatable bonds is 54. The molecule has 0 aromatic rings. The summed E-state index contributed by atoms with van der Waals surface area (Å²) in [5, 5.41) is 9.82. The average molecular weight is 1060 g/mol. The molecular formula is C62H107O11P.